The molecule has 0 radical (unpaired) electrons. The Hall–Kier alpha value is -1.81. The molecule has 1 aliphatic rings. The summed E-state index contributed by atoms with van der Waals surface area (Å²) in [7, 11) is 0. The molecule has 0 bridgehead atoms. The van der Waals surface area contributed by atoms with Gasteiger partial charge in [0.2, 0.25) is 0 Å². The summed E-state index contributed by atoms with van der Waals surface area (Å²) >= 11 is 0. The van der Waals surface area contributed by atoms with Gasteiger partial charge in [0, 0.05) is 12.6 Å². The third kappa shape index (κ3) is 2.96. The van der Waals surface area contributed by atoms with Crippen LogP contribution in [0.15, 0.2) is 30.3 Å². The molecule has 1 aromatic heterocycles. The van der Waals surface area contributed by atoms with E-state index in [0.29, 0.717) is 5.82 Å². The number of hydrogen-bond acceptors (Lipinski definition) is 3. The van der Waals surface area contributed by atoms with Gasteiger partial charge in [-0.15, -0.1) is 0 Å². The minimum absolute atomic E-state index is 0.538. The number of rotatable bonds is 3. The minimum Gasteiger partial charge on any atom is -0.382 e. The fourth-order valence-corrected chi connectivity index (χ4v) is 2.70. The van der Waals surface area contributed by atoms with Crippen LogP contribution in [0.3, 0.4) is 0 Å². The Morgan fingerprint density at radius 2 is 2.00 bits per heavy atom. The summed E-state index contributed by atoms with van der Waals surface area (Å²) in [5, 5.41) is 6.94. The maximum atomic E-state index is 5.65. The summed E-state index contributed by atoms with van der Waals surface area (Å²) in [6.45, 7) is 3.49. The number of aromatic nitrogens is 2. The highest BCUT2D eigenvalue weighted by Crippen LogP contribution is 2.21. The van der Waals surface area contributed by atoms with Gasteiger partial charge in [-0.3, -0.25) is 10.00 Å². The van der Waals surface area contributed by atoms with Crippen molar-refractivity contribution < 1.29 is 0 Å². The third-order valence-corrected chi connectivity index (χ3v) is 3.69. The molecule has 4 heteroatoms. The average Bonchev–Trinajstić information content (AvgIpc) is 2.87. The molecule has 0 spiro atoms. The molecule has 3 N–H and O–H groups in total. The first-order chi connectivity index (χ1) is 9.31. The lowest BCUT2D eigenvalue weighted by molar-refractivity contribution is 0.221. The summed E-state index contributed by atoms with van der Waals surface area (Å²) in [5.74, 6) is 0.538. The Labute approximate surface area is 113 Å². The molecule has 3 rings (SSSR count). The number of benzene rings is 1. The maximum Gasteiger partial charge on any atom is 0.145 e. The summed E-state index contributed by atoms with van der Waals surface area (Å²) in [6, 6.07) is 10.5. The Bertz CT molecular complexity index is 541. The number of nitrogens with two attached hydrogens (primary N) is 1. The van der Waals surface area contributed by atoms with E-state index in [4.69, 9.17) is 5.73 Å². The fraction of sp³-hybridized carbons (Fsp3) is 0.400. The van der Waals surface area contributed by atoms with Crippen molar-refractivity contribution in [2.75, 3.05) is 18.8 Å². The average molecular weight is 256 g/mol. The van der Waals surface area contributed by atoms with Crippen LogP contribution in [-0.2, 0) is 6.54 Å². The Morgan fingerprint density at radius 1 is 1.16 bits per heavy atom. The largest absolute Gasteiger partial charge is 0.382 e. The van der Waals surface area contributed by atoms with Gasteiger partial charge < -0.3 is 5.73 Å². The number of hydrogen-bond donors (Lipinski definition) is 2. The summed E-state index contributed by atoms with van der Waals surface area (Å²) in [4.78, 5) is 2.53. The van der Waals surface area contributed by atoms with E-state index in [9.17, 15) is 0 Å². The molecule has 0 saturated carbocycles. The second-order valence-electron chi connectivity index (χ2n) is 5.24. The molecule has 2 aromatic rings. The zero-order chi connectivity index (χ0) is 13.1. The van der Waals surface area contributed by atoms with Crippen LogP contribution in [0.4, 0.5) is 5.82 Å². The number of nitrogen functional groups attached to an aromatic ring is 1. The monoisotopic (exact) mass is 256 g/mol. The van der Waals surface area contributed by atoms with Crippen molar-refractivity contribution in [3.8, 4) is 11.3 Å². The second kappa shape index (κ2) is 5.45. The van der Waals surface area contributed by atoms with Crippen LogP contribution in [-0.4, -0.2) is 28.2 Å². The third-order valence-electron chi connectivity index (χ3n) is 3.69. The molecule has 1 saturated heterocycles. The topological polar surface area (TPSA) is 57.9 Å². The van der Waals surface area contributed by atoms with Crippen LogP contribution in [0.5, 0.6) is 0 Å². The van der Waals surface area contributed by atoms with Crippen LogP contribution in [0.2, 0.25) is 0 Å². The zero-order valence-electron chi connectivity index (χ0n) is 11.1. The van der Waals surface area contributed by atoms with Gasteiger partial charge in [0.25, 0.3) is 0 Å². The lowest BCUT2D eigenvalue weighted by Gasteiger charge is -2.26. The number of aromatic amines is 1. The van der Waals surface area contributed by atoms with Gasteiger partial charge in [0.1, 0.15) is 5.82 Å². The van der Waals surface area contributed by atoms with Crippen LogP contribution < -0.4 is 5.73 Å². The van der Waals surface area contributed by atoms with E-state index in [1.807, 2.05) is 6.07 Å². The number of nitrogens with one attached hydrogen (secondary N) is 1. The van der Waals surface area contributed by atoms with Crippen LogP contribution in [0, 0.1) is 0 Å². The van der Waals surface area contributed by atoms with Crippen molar-refractivity contribution >= 4 is 5.82 Å². The maximum absolute atomic E-state index is 5.65. The predicted molar refractivity (Wildman–Crippen MR) is 77.6 cm³/mol. The summed E-state index contributed by atoms with van der Waals surface area (Å²) in [6.07, 6.45) is 4.04. The second-order valence-corrected chi connectivity index (χ2v) is 5.24. The van der Waals surface area contributed by atoms with Gasteiger partial charge >= 0.3 is 0 Å². The first-order valence-corrected chi connectivity index (χ1v) is 6.94. The Kier molecular flexibility index (Phi) is 3.51. The molecule has 100 valence electrons. The number of nitrogens with zero attached hydrogens (tertiary/aromatic N) is 2. The zero-order valence-corrected chi connectivity index (χ0v) is 11.1. The standard InChI is InChI=1S/C15H20N4/c16-15-10-14(17-18-15)13-6-4-5-12(9-13)11-19-7-2-1-3-8-19/h4-6,9-10H,1-3,7-8,11H2,(H3,16,17,18). The fourth-order valence-electron chi connectivity index (χ4n) is 2.70. The molecular weight excluding hydrogens is 236 g/mol. The molecule has 0 amide bonds. The number of H-pyrrole nitrogens is 1. The smallest absolute Gasteiger partial charge is 0.145 e. The predicted octanol–water partition coefficient (Wildman–Crippen LogP) is 2.64. The molecule has 2 heterocycles. The van der Waals surface area contributed by atoms with Crippen molar-refractivity contribution in [3.63, 3.8) is 0 Å². The molecule has 4 nitrogen and oxygen atoms in total. The highest BCUT2D eigenvalue weighted by molar-refractivity contribution is 5.62. The van der Waals surface area contributed by atoms with Crippen molar-refractivity contribution in [3.05, 3.63) is 35.9 Å². The summed E-state index contributed by atoms with van der Waals surface area (Å²) < 4.78 is 0. The molecule has 1 fully saturated rings. The normalized spacial score (nSPS) is 16.6. The molecule has 0 unspecified atom stereocenters. The molecule has 0 aliphatic carbocycles. The molecule has 1 aliphatic heterocycles. The first kappa shape index (κ1) is 12.2. The number of anilines is 1. The molecule has 1 aromatic carbocycles. The molecule has 0 atom stereocenters. The van der Waals surface area contributed by atoms with Gasteiger partial charge in [-0.05, 0) is 43.1 Å². The quantitative estimate of drug-likeness (QED) is 0.887. The van der Waals surface area contributed by atoms with Crippen molar-refractivity contribution in [1.82, 2.24) is 15.1 Å². The van der Waals surface area contributed by atoms with E-state index >= 15 is 0 Å². The van der Waals surface area contributed by atoms with Crippen LogP contribution in [0.1, 0.15) is 24.8 Å². The van der Waals surface area contributed by atoms with Crippen LogP contribution in [0.25, 0.3) is 11.3 Å². The van der Waals surface area contributed by atoms with E-state index in [1.165, 1.54) is 37.9 Å². The Morgan fingerprint density at radius 3 is 2.74 bits per heavy atom. The first-order valence-electron chi connectivity index (χ1n) is 6.94. The van der Waals surface area contributed by atoms with Gasteiger partial charge in [-0.2, -0.15) is 5.10 Å². The highest BCUT2D eigenvalue weighted by Gasteiger charge is 2.11. The van der Waals surface area contributed by atoms with Gasteiger partial charge in [-0.25, -0.2) is 0 Å². The van der Waals surface area contributed by atoms with E-state index in [-0.39, 0.29) is 0 Å². The van der Waals surface area contributed by atoms with Crippen LogP contribution >= 0.6 is 0 Å². The van der Waals surface area contributed by atoms with Crippen molar-refractivity contribution in [2.24, 2.45) is 0 Å². The summed E-state index contributed by atoms with van der Waals surface area (Å²) in [5.41, 5.74) is 9.14. The van der Waals surface area contributed by atoms with E-state index < -0.39 is 0 Å². The van der Waals surface area contributed by atoms with Gasteiger partial charge in [0.05, 0.1) is 5.69 Å². The Balaban J connectivity index is 1.75. The molecular formula is C15H20N4. The van der Waals surface area contributed by atoms with Crippen molar-refractivity contribution in [1.29, 1.82) is 0 Å². The van der Waals surface area contributed by atoms with E-state index in [2.05, 4.69) is 39.4 Å². The van der Waals surface area contributed by atoms with Gasteiger partial charge in [0.15, 0.2) is 0 Å². The minimum atomic E-state index is 0.538. The van der Waals surface area contributed by atoms with E-state index in [1.54, 1.807) is 0 Å². The van der Waals surface area contributed by atoms with E-state index in [0.717, 1.165) is 17.8 Å². The number of piperidine rings is 1. The number of likely N-dealkylation sites (tertiary alicyclic amines) is 1. The lowest BCUT2D eigenvalue weighted by Crippen LogP contribution is -2.29. The highest BCUT2D eigenvalue weighted by atomic mass is 15.2. The van der Waals surface area contributed by atoms with Crippen molar-refractivity contribution in [2.45, 2.75) is 25.8 Å². The lowest BCUT2D eigenvalue weighted by atomic mass is 10.1. The molecule has 19 heavy (non-hydrogen) atoms. The van der Waals surface area contributed by atoms with Gasteiger partial charge in [-0.1, -0.05) is 24.6 Å². The SMILES string of the molecule is Nc1cc(-c2cccc(CN3CCCCC3)c2)[nH]n1.